The van der Waals surface area contributed by atoms with E-state index in [-0.39, 0.29) is 5.91 Å². The van der Waals surface area contributed by atoms with E-state index < -0.39 is 0 Å². The maximum Gasteiger partial charge on any atom is 0.253 e. The van der Waals surface area contributed by atoms with Gasteiger partial charge in [0, 0.05) is 54.1 Å². The van der Waals surface area contributed by atoms with Gasteiger partial charge in [-0.1, -0.05) is 0 Å². The Morgan fingerprint density at radius 2 is 2.00 bits per heavy atom. The summed E-state index contributed by atoms with van der Waals surface area (Å²) in [5.74, 6) is -0.0167. The van der Waals surface area contributed by atoms with Gasteiger partial charge < -0.3 is 10.3 Å². The third-order valence-electron chi connectivity index (χ3n) is 3.92. The van der Waals surface area contributed by atoms with E-state index in [0.29, 0.717) is 6.54 Å². The number of hydrogen-bond donors (Lipinski definition) is 2. The first-order valence-electron chi connectivity index (χ1n) is 7.69. The van der Waals surface area contributed by atoms with Crippen molar-refractivity contribution in [2.45, 2.75) is 6.42 Å². The van der Waals surface area contributed by atoms with E-state index in [1.54, 1.807) is 18.6 Å². The molecule has 3 aromatic rings. The van der Waals surface area contributed by atoms with Crippen LogP contribution in [0.5, 0.6) is 0 Å². The normalized spacial score (nSPS) is 13.8. The van der Waals surface area contributed by atoms with Crippen molar-refractivity contribution in [2.24, 2.45) is 0 Å². The molecule has 0 aromatic carbocycles. The van der Waals surface area contributed by atoms with Gasteiger partial charge in [0.2, 0.25) is 0 Å². The maximum atomic E-state index is 11.9. The van der Waals surface area contributed by atoms with Crippen LogP contribution in [0.25, 0.3) is 23.4 Å². The first-order valence-corrected chi connectivity index (χ1v) is 7.69. The van der Waals surface area contributed by atoms with Crippen LogP contribution in [-0.4, -0.2) is 32.4 Å². The summed E-state index contributed by atoms with van der Waals surface area (Å²) in [6.07, 6.45) is 11.4. The van der Waals surface area contributed by atoms with Crippen LogP contribution in [0, 0.1) is 0 Å². The number of aromatic amines is 1. The van der Waals surface area contributed by atoms with Crippen LogP contribution in [0.3, 0.4) is 0 Å². The van der Waals surface area contributed by atoms with Gasteiger partial charge in [-0.05, 0) is 30.4 Å². The minimum absolute atomic E-state index is 0.0167. The molecule has 2 N–H and O–H groups in total. The minimum atomic E-state index is -0.0167. The highest BCUT2D eigenvalue weighted by Gasteiger charge is 2.19. The average Bonchev–Trinajstić information content (AvgIpc) is 3.07. The molecule has 0 atom stereocenters. The van der Waals surface area contributed by atoms with Crippen molar-refractivity contribution in [1.82, 2.24) is 25.3 Å². The summed E-state index contributed by atoms with van der Waals surface area (Å²) in [6.45, 7) is 0.676. The Balaban J connectivity index is 1.63. The fourth-order valence-electron chi connectivity index (χ4n) is 2.73. The fourth-order valence-corrected chi connectivity index (χ4v) is 2.73. The molecule has 0 radical (unpaired) electrons. The molecular formula is C18H15N5O. The number of H-pyrrole nitrogens is 1. The molecule has 0 aliphatic carbocycles. The lowest BCUT2D eigenvalue weighted by atomic mass is 10.1. The molecule has 4 rings (SSSR count). The summed E-state index contributed by atoms with van der Waals surface area (Å²) in [5, 5.41) is 2.86. The molecule has 6 nitrogen and oxygen atoms in total. The van der Waals surface area contributed by atoms with Crippen LogP contribution in [0.15, 0.2) is 43.1 Å². The standard InChI is InChI=1S/C18H15N5O/c24-18-15-8-17(23-16(15)4-6-22-18)13-3-5-21-14(7-13)2-1-12-9-19-11-20-10-12/h1-3,5,7-11,23H,4,6H2,(H,22,24)/b2-1-. The second-order valence-corrected chi connectivity index (χ2v) is 5.56. The Morgan fingerprint density at radius 3 is 2.83 bits per heavy atom. The fraction of sp³-hybridized carbons (Fsp3) is 0.111. The number of aromatic nitrogens is 4. The molecule has 1 aliphatic rings. The van der Waals surface area contributed by atoms with Crippen molar-refractivity contribution in [3.63, 3.8) is 0 Å². The number of amides is 1. The van der Waals surface area contributed by atoms with Crippen molar-refractivity contribution >= 4 is 18.1 Å². The number of nitrogens with one attached hydrogen (secondary N) is 2. The molecule has 1 amide bonds. The number of pyridine rings is 1. The SMILES string of the molecule is O=C1NCCc2[nH]c(-c3ccnc(/C=C\c4cncnc4)c3)cc21. The number of nitrogens with zero attached hydrogens (tertiary/aromatic N) is 3. The zero-order valence-electron chi connectivity index (χ0n) is 12.9. The van der Waals surface area contributed by atoms with Crippen LogP contribution >= 0.6 is 0 Å². The van der Waals surface area contributed by atoms with Crippen molar-refractivity contribution < 1.29 is 4.79 Å². The van der Waals surface area contributed by atoms with Gasteiger partial charge in [-0.2, -0.15) is 0 Å². The summed E-state index contributed by atoms with van der Waals surface area (Å²) in [4.78, 5) is 27.6. The molecule has 118 valence electrons. The topological polar surface area (TPSA) is 83.6 Å². The van der Waals surface area contributed by atoms with E-state index in [4.69, 9.17) is 0 Å². The Bertz CT molecular complexity index is 914. The molecule has 1 aliphatic heterocycles. The predicted octanol–water partition coefficient (Wildman–Crippen LogP) is 2.32. The molecular weight excluding hydrogens is 302 g/mol. The molecule has 0 saturated heterocycles. The van der Waals surface area contributed by atoms with Gasteiger partial charge >= 0.3 is 0 Å². The Hall–Kier alpha value is -3.28. The molecule has 4 heterocycles. The summed E-state index contributed by atoms with van der Waals surface area (Å²) >= 11 is 0. The van der Waals surface area contributed by atoms with Gasteiger partial charge in [-0.25, -0.2) is 9.97 Å². The van der Waals surface area contributed by atoms with Gasteiger partial charge in [0.25, 0.3) is 5.91 Å². The first-order chi connectivity index (χ1) is 11.8. The van der Waals surface area contributed by atoms with Crippen molar-refractivity contribution in [3.05, 3.63) is 65.6 Å². The van der Waals surface area contributed by atoms with Crippen molar-refractivity contribution in [3.8, 4) is 11.3 Å². The van der Waals surface area contributed by atoms with Gasteiger partial charge in [-0.3, -0.25) is 9.78 Å². The first kappa shape index (κ1) is 14.3. The van der Waals surface area contributed by atoms with E-state index >= 15 is 0 Å². The number of hydrogen-bond acceptors (Lipinski definition) is 4. The molecule has 0 fully saturated rings. The van der Waals surface area contributed by atoms with Gasteiger partial charge in [-0.15, -0.1) is 0 Å². The van der Waals surface area contributed by atoms with E-state index in [0.717, 1.165) is 40.2 Å². The van der Waals surface area contributed by atoms with Crippen LogP contribution < -0.4 is 5.32 Å². The quantitative estimate of drug-likeness (QED) is 0.776. The third-order valence-corrected chi connectivity index (χ3v) is 3.92. The second-order valence-electron chi connectivity index (χ2n) is 5.56. The Kier molecular flexibility index (Phi) is 3.63. The Morgan fingerprint density at radius 1 is 1.12 bits per heavy atom. The lowest BCUT2D eigenvalue weighted by Crippen LogP contribution is -2.31. The van der Waals surface area contributed by atoms with Crippen LogP contribution in [0.2, 0.25) is 0 Å². The number of carbonyl (C=O) groups is 1. The number of rotatable bonds is 3. The summed E-state index contributed by atoms with van der Waals surface area (Å²) in [6, 6.07) is 5.81. The van der Waals surface area contributed by atoms with Crippen LogP contribution in [0.1, 0.15) is 27.3 Å². The highest BCUT2D eigenvalue weighted by Crippen LogP contribution is 2.24. The second kappa shape index (κ2) is 6.08. The monoisotopic (exact) mass is 317 g/mol. The van der Waals surface area contributed by atoms with Crippen molar-refractivity contribution in [1.29, 1.82) is 0 Å². The molecule has 0 spiro atoms. The predicted molar refractivity (Wildman–Crippen MR) is 91.0 cm³/mol. The summed E-state index contributed by atoms with van der Waals surface area (Å²) < 4.78 is 0. The van der Waals surface area contributed by atoms with E-state index in [2.05, 4.69) is 25.3 Å². The number of carbonyl (C=O) groups excluding carboxylic acids is 1. The maximum absolute atomic E-state index is 11.9. The Labute approximate surface area is 138 Å². The van der Waals surface area contributed by atoms with Gasteiger partial charge in [0.05, 0.1) is 11.3 Å². The van der Waals surface area contributed by atoms with E-state index in [9.17, 15) is 4.79 Å². The van der Waals surface area contributed by atoms with Gasteiger partial charge in [0.15, 0.2) is 0 Å². The van der Waals surface area contributed by atoms with Crippen molar-refractivity contribution in [2.75, 3.05) is 6.54 Å². The lowest BCUT2D eigenvalue weighted by molar-refractivity contribution is 0.0946. The molecule has 24 heavy (non-hydrogen) atoms. The van der Waals surface area contributed by atoms with E-state index in [1.165, 1.54) is 6.33 Å². The van der Waals surface area contributed by atoms with Gasteiger partial charge in [0.1, 0.15) is 6.33 Å². The largest absolute Gasteiger partial charge is 0.358 e. The minimum Gasteiger partial charge on any atom is -0.358 e. The highest BCUT2D eigenvalue weighted by atomic mass is 16.1. The molecule has 0 bridgehead atoms. The molecule has 0 saturated carbocycles. The molecule has 0 unspecified atom stereocenters. The van der Waals surface area contributed by atoms with E-state index in [1.807, 2.05) is 30.4 Å². The molecule has 6 heteroatoms. The third kappa shape index (κ3) is 2.81. The number of fused-ring (bicyclic) bond motifs is 1. The summed E-state index contributed by atoms with van der Waals surface area (Å²) in [7, 11) is 0. The van der Waals surface area contributed by atoms with Crippen LogP contribution in [0.4, 0.5) is 0 Å². The lowest BCUT2D eigenvalue weighted by Gasteiger charge is -2.10. The average molecular weight is 317 g/mol. The van der Waals surface area contributed by atoms with Crippen LogP contribution in [-0.2, 0) is 6.42 Å². The summed E-state index contributed by atoms with van der Waals surface area (Å²) in [5.41, 5.74) is 5.38. The smallest absolute Gasteiger partial charge is 0.253 e. The zero-order valence-corrected chi connectivity index (χ0v) is 12.9. The molecule has 3 aromatic heterocycles. The zero-order chi connectivity index (χ0) is 16.4. The highest BCUT2D eigenvalue weighted by molar-refractivity contribution is 5.97.